The number of imidazole rings is 1. The SMILES string of the molecule is CC(NC(=O)c1cncn1-c1ccccc1)c1ccccc1. The summed E-state index contributed by atoms with van der Waals surface area (Å²) < 4.78 is 1.78. The lowest BCUT2D eigenvalue weighted by molar-refractivity contribution is 0.0933. The summed E-state index contributed by atoms with van der Waals surface area (Å²) in [5, 5.41) is 3.01. The van der Waals surface area contributed by atoms with E-state index in [1.165, 1.54) is 0 Å². The summed E-state index contributed by atoms with van der Waals surface area (Å²) in [5.74, 6) is -0.141. The van der Waals surface area contributed by atoms with E-state index < -0.39 is 0 Å². The predicted octanol–water partition coefficient (Wildman–Crippen LogP) is 3.36. The summed E-state index contributed by atoms with van der Waals surface area (Å²) in [4.78, 5) is 16.6. The Morgan fingerprint density at radius 2 is 1.68 bits per heavy atom. The van der Waals surface area contributed by atoms with Crippen LogP contribution in [0.15, 0.2) is 73.2 Å². The highest BCUT2D eigenvalue weighted by molar-refractivity contribution is 5.93. The number of rotatable bonds is 4. The van der Waals surface area contributed by atoms with Crippen LogP contribution in [0.5, 0.6) is 0 Å². The fraction of sp³-hybridized carbons (Fsp3) is 0.111. The van der Waals surface area contributed by atoms with Gasteiger partial charge in [-0.3, -0.25) is 9.36 Å². The molecule has 4 nitrogen and oxygen atoms in total. The molecule has 0 saturated heterocycles. The average molecular weight is 291 g/mol. The van der Waals surface area contributed by atoms with Crippen LogP contribution < -0.4 is 5.32 Å². The van der Waals surface area contributed by atoms with Crippen molar-refractivity contribution in [1.82, 2.24) is 14.9 Å². The summed E-state index contributed by atoms with van der Waals surface area (Å²) in [6.45, 7) is 1.97. The molecule has 1 heterocycles. The van der Waals surface area contributed by atoms with E-state index in [0.29, 0.717) is 5.69 Å². The van der Waals surface area contributed by atoms with Crippen LogP contribution in [-0.2, 0) is 0 Å². The molecule has 1 atom stereocenters. The molecule has 0 radical (unpaired) electrons. The zero-order valence-corrected chi connectivity index (χ0v) is 12.3. The standard InChI is InChI=1S/C18H17N3O/c1-14(15-8-4-2-5-9-15)20-18(22)17-12-19-13-21(17)16-10-6-3-7-11-16/h2-14H,1H3,(H,20,22). The predicted molar refractivity (Wildman–Crippen MR) is 85.9 cm³/mol. The average Bonchev–Trinajstić information content (AvgIpc) is 3.06. The van der Waals surface area contributed by atoms with Gasteiger partial charge in [0.05, 0.1) is 18.6 Å². The summed E-state index contributed by atoms with van der Waals surface area (Å²) in [5.41, 5.74) is 2.51. The van der Waals surface area contributed by atoms with E-state index in [2.05, 4.69) is 10.3 Å². The molecule has 0 spiro atoms. The summed E-state index contributed by atoms with van der Waals surface area (Å²) in [7, 11) is 0. The van der Waals surface area contributed by atoms with Crippen molar-refractivity contribution in [3.63, 3.8) is 0 Å². The minimum absolute atomic E-state index is 0.0622. The second kappa shape index (κ2) is 6.26. The number of carbonyl (C=O) groups excluding carboxylic acids is 1. The highest BCUT2D eigenvalue weighted by Gasteiger charge is 2.15. The van der Waals surface area contributed by atoms with Crippen LogP contribution in [0, 0.1) is 0 Å². The molecule has 2 aromatic carbocycles. The number of hydrogen-bond donors (Lipinski definition) is 1. The molecule has 22 heavy (non-hydrogen) atoms. The zero-order chi connectivity index (χ0) is 15.4. The Hall–Kier alpha value is -2.88. The maximum atomic E-state index is 12.5. The number of benzene rings is 2. The lowest BCUT2D eigenvalue weighted by atomic mass is 10.1. The van der Waals surface area contributed by atoms with Gasteiger partial charge >= 0.3 is 0 Å². The monoisotopic (exact) mass is 291 g/mol. The molecule has 0 aliphatic rings. The Bertz CT molecular complexity index is 750. The molecule has 0 aliphatic heterocycles. The minimum Gasteiger partial charge on any atom is -0.344 e. The van der Waals surface area contributed by atoms with Crippen LogP contribution in [0.25, 0.3) is 5.69 Å². The molecule has 110 valence electrons. The van der Waals surface area contributed by atoms with E-state index in [9.17, 15) is 4.79 Å². The van der Waals surface area contributed by atoms with Gasteiger partial charge in [-0.15, -0.1) is 0 Å². The van der Waals surface area contributed by atoms with Gasteiger partial charge in [0.1, 0.15) is 5.69 Å². The van der Waals surface area contributed by atoms with E-state index in [1.54, 1.807) is 17.1 Å². The van der Waals surface area contributed by atoms with Crippen molar-refractivity contribution in [2.24, 2.45) is 0 Å². The number of nitrogens with one attached hydrogen (secondary N) is 1. The van der Waals surface area contributed by atoms with Gasteiger partial charge in [0.2, 0.25) is 0 Å². The quantitative estimate of drug-likeness (QED) is 0.801. The third-order valence-corrected chi connectivity index (χ3v) is 3.55. The van der Waals surface area contributed by atoms with Crippen LogP contribution in [0.1, 0.15) is 29.0 Å². The second-order valence-corrected chi connectivity index (χ2v) is 5.09. The number of hydrogen-bond acceptors (Lipinski definition) is 2. The first-order valence-electron chi connectivity index (χ1n) is 7.19. The first-order valence-corrected chi connectivity index (χ1v) is 7.19. The molecular formula is C18H17N3O. The van der Waals surface area contributed by atoms with Gasteiger partial charge < -0.3 is 5.32 Å². The third kappa shape index (κ3) is 2.91. The molecule has 1 N–H and O–H groups in total. The van der Waals surface area contributed by atoms with Crippen molar-refractivity contribution < 1.29 is 4.79 Å². The van der Waals surface area contributed by atoms with Crippen molar-refractivity contribution in [1.29, 1.82) is 0 Å². The number of nitrogens with zero attached hydrogens (tertiary/aromatic N) is 2. The van der Waals surface area contributed by atoms with Crippen molar-refractivity contribution in [3.8, 4) is 5.69 Å². The lowest BCUT2D eigenvalue weighted by Gasteiger charge is -2.15. The molecule has 0 fully saturated rings. The normalized spacial score (nSPS) is 11.9. The topological polar surface area (TPSA) is 46.9 Å². The Morgan fingerprint density at radius 1 is 1.05 bits per heavy atom. The first kappa shape index (κ1) is 14.1. The highest BCUT2D eigenvalue weighted by Crippen LogP contribution is 2.14. The van der Waals surface area contributed by atoms with Crippen molar-refractivity contribution in [3.05, 3.63) is 84.4 Å². The van der Waals surface area contributed by atoms with Crippen LogP contribution in [-0.4, -0.2) is 15.5 Å². The van der Waals surface area contributed by atoms with Crippen LogP contribution in [0.2, 0.25) is 0 Å². The molecule has 1 amide bonds. The smallest absolute Gasteiger partial charge is 0.270 e. The number of aromatic nitrogens is 2. The molecule has 0 saturated carbocycles. The Kier molecular flexibility index (Phi) is 4.01. The largest absolute Gasteiger partial charge is 0.344 e. The lowest BCUT2D eigenvalue weighted by Crippen LogP contribution is -2.28. The van der Waals surface area contributed by atoms with E-state index in [-0.39, 0.29) is 11.9 Å². The number of carbonyl (C=O) groups is 1. The molecule has 1 aromatic heterocycles. The fourth-order valence-corrected chi connectivity index (χ4v) is 2.35. The molecular weight excluding hydrogens is 274 g/mol. The molecule has 1 unspecified atom stereocenters. The Balaban J connectivity index is 1.81. The molecule has 0 aliphatic carbocycles. The van der Waals surface area contributed by atoms with Crippen molar-refractivity contribution in [2.45, 2.75) is 13.0 Å². The van der Waals surface area contributed by atoms with Crippen molar-refractivity contribution in [2.75, 3.05) is 0 Å². The van der Waals surface area contributed by atoms with Gasteiger partial charge in [0.25, 0.3) is 5.91 Å². The highest BCUT2D eigenvalue weighted by atomic mass is 16.2. The van der Waals surface area contributed by atoms with Crippen LogP contribution in [0.4, 0.5) is 0 Å². The van der Waals surface area contributed by atoms with E-state index >= 15 is 0 Å². The second-order valence-electron chi connectivity index (χ2n) is 5.09. The Morgan fingerprint density at radius 3 is 2.36 bits per heavy atom. The first-order chi connectivity index (χ1) is 10.8. The van der Waals surface area contributed by atoms with Gasteiger partial charge in [0.15, 0.2) is 0 Å². The maximum Gasteiger partial charge on any atom is 0.270 e. The number of para-hydroxylation sites is 1. The zero-order valence-electron chi connectivity index (χ0n) is 12.3. The summed E-state index contributed by atoms with van der Waals surface area (Å²) in [6, 6.07) is 19.5. The van der Waals surface area contributed by atoms with Gasteiger partial charge in [-0.1, -0.05) is 48.5 Å². The molecule has 3 rings (SSSR count). The van der Waals surface area contributed by atoms with Gasteiger partial charge in [-0.25, -0.2) is 4.98 Å². The third-order valence-electron chi connectivity index (χ3n) is 3.55. The Labute approximate surface area is 129 Å². The fourth-order valence-electron chi connectivity index (χ4n) is 2.35. The summed E-state index contributed by atoms with van der Waals surface area (Å²) >= 11 is 0. The van der Waals surface area contributed by atoms with Crippen LogP contribution >= 0.6 is 0 Å². The van der Waals surface area contributed by atoms with Gasteiger partial charge in [0, 0.05) is 5.69 Å². The van der Waals surface area contributed by atoms with E-state index in [1.807, 2.05) is 67.6 Å². The molecule has 4 heteroatoms. The minimum atomic E-state index is -0.141. The number of amides is 1. The maximum absolute atomic E-state index is 12.5. The molecule has 0 bridgehead atoms. The molecule has 3 aromatic rings. The summed E-state index contributed by atoms with van der Waals surface area (Å²) in [6.07, 6.45) is 3.23. The van der Waals surface area contributed by atoms with Gasteiger partial charge in [-0.2, -0.15) is 0 Å². The van der Waals surface area contributed by atoms with Gasteiger partial charge in [-0.05, 0) is 24.6 Å². The van der Waals surface area contributed by atoms with E-state index in [4.69, 9.17) is 0 Å². The van der Waals surface area contributed by atoms with Crippen LogP contribution in [0.3, 0.4) is 0 Å². The van der Waals surface area contributed by atoms with Crippen molar-refractivity contribution >= 4 is 5.91 Å². The van der Waals surface area contributed by atoms with E-state index in [0.717, 1.165) is 11.3 Å².